The molecule has 1 aromatic rings. The van der Waals surface area contributed by atoms with Crippen molar-refractivity contribution in [2.24, 2.45) is 0 Å². The van der Waals surface area contributed by atoms with Gasteiger partial charge in [0, 0.05) is 0 Å². The predicted molar refractivity (Wildman–Crippen MR) is 44.9 cm³/mol. The number of rotatable bonds is 1. The summed E-state index contributed by atoms with van der Waals surface area (Å²) < 4.78 is 5.33. The summed E-state index contributed by atoms with van der Waals surface area (Å²) in [7, 11) is 0. The highest BCUT2D eigenvalue weighted by molar-refractivity contribution is 6.16. The maximum atomic E-state index is 5.71. The molecule has 0 atom stereocenters. The topological polar surface area (TPSA) is 13.1 Å². The SMILES string of the molecule is ClCc1occ2c1CCCC2. The third kappa shape index (κ3) is 1.18. The average molecular weight is 171 g/mol. The standard InChI is InChI=1S/C9H11ClO/c10-5-9-8-4-2-1-3-7(8)6-11-9/h6H,1-5H2. The van der Waals surface area contributed by atoms with Crippen LogP contribution in [0.25, 0.3) is 0 Å². The first-order valence-corrected chi connectivity index (χ1v) is 4.59. The summed E-state index contributed by atoms with van der Waals surface area (Å²) in [6.45, 7) is 0. The van der Waals surface area contributed by atoms with E-state index in [1.165, 1.54) is 30.4 Å². The third-order valence-electron chi connectivity index (χ3n) is 2.31. The molecule has 0 aliphatic heterocycles. The van der Waals surface area contributed by atoms with Crippen LogP contribution < -0.4 is 0 Å². The monoisotopic (exact) mass is 170 g/mol. The van der Waals surface area contributed by atoms with Gasteiger partial charge in [-0.25, -0.2) is 0 Å². The number of aryl methyl sites for hydroxylation is 1. The molecule has 0 amide bonds. The third-order valence-corrected chi connectivity index (χ3v) is 2.55. The molecular weight excluding hydrogens is 160 g/mol. The van der Waals surface area contributed by atoms with Gasteiger partial charge in [-0.15, -0.1) is 11.6 Å². The molecule has 0 unspecified atom stereocenters. The number of hydrogen-bond donors (Lipinski definition) is 0. The maximum Gasteiger partial charge on any atom is 0.121 e. The van der Waals surface area contributed by atoms with Crippen LogP contribution in [0.3, 0.4) is 0 Å². The van der Waals surface area contributed by atoms with Crippen LogP contribution in [0.1, 0.15) is 29.7 Å². The van der Waals surface area contributed by atoms with Crippen molar-refractivity contribution in [2.75, 3.05) is 0 Å². The first-order chi connectivity index (χ1) is 5.42. The van der Waals surface area contributed by atoms with Crippen LogP contribution in [0.4, 0.5) is 0 Å². The quantitative estimate of drug-likeness (QED) is 0.591. The number of furan rings is 1. The van der Waals surface area contributed by atoms with Gasteiger partial charge in [0.15, 0.2) is 0 Å². The normalized spacial score (nSPS) is 16.5. The molecule has 2 heteroatoms. The Kier molecular flexibility index (Phi) is 1.91. The summed E-state index contributed by atoms with van der Waals surface area (Å²) in [5, 5.41) is 0. The minimum absolute atomic E-state index is 0.523. The molecule has 0 aromatic carbocycles. The highest BCUT2D eigenvalue weighted by Gasteiger charge is 2.15. The van der Waals surface area contributed by atoms with Crippen LogP contribution in [0.2, 0.25) is 0 Å². The Bertz CT molecular complexity index is 239. The van der Waals surface area contributed by atoms with Crippen LogP contribution in [-0.2, 0) is 18.7 Å². The van der Waals surface area contributed by atoms with Gasteiger partial charge < -0.3 is 4.42 Å². The maximum absolute atomic E-state index is 5.71. The molecule has 1 heterocycles. The van der Waals surface area contributed by atoms with Crippen LogP contribution in [0, 0.1) is 0 Å². The van der Waals surface area contributed by atoms with Gasteiger partial charge in [-0.1, -0.05) is 0 Å². The van der Waals surface area contributed by atoms with E-state index in [0.717, 1.165) is 12.2 Å². The zero-order chi connectivity index (χ0) is 7.68. The zero-order valence-electron chi connectivity index (χ0n) is 6.40. The molecule has 2 rings (SSSR count). The first-order valence-electron chi connectivity index (χ1n) is 4.06. The van der Waals surface area contributed by atoms with Crippen LogP contribution in [-0.4, -0.2) is 0 Å². The van der Waals surface area contributed by atoms with E-state index in [4.69, 9.17) is 16.0 Å². The van der Waals surface area contributed by atoms with Crippen molar-refractivity contribution >= 4 is 11.6 Å². The fourth-order valence-electron chi connectivity index (χ4n) is 1.70. The number of fused-ring (bicyclic) bond motifs is 1. The van der Waals surface area contributed by atoms with E-state index in [1.807, 2.05) is 6.26 Å². The minimum Gasteiger partial charge on any atom is -0.467 e. The summed E-state index contributed by atoms with van der Waals surface area (Å²) >= 11 is 5.71. The lowest BCUT2D eigenvalue weighted by Crippen LogP contribution is -2.00. The average Bonchev–Trinajstić information content (AvgIpc) is 2.47. The molecule has 0 saturated carbocycles. The van der Waals surface area contributed by atoms with E-state index in [2.05, 4.69) is 0 Å². The lowest BCUT2D eigenvalue weighted by atomic mass is 9.94. The Morgan fingerprint density at radius 1 is 1.36 bits per heavy atom. The van der Waals surface area contributed by atoms with E-state index < -0.39 is 0 Å². The summed E-state index contributed by atoms with van der Waals surface area (Å²) in [6.07, 6.45) is 6.79. The fourth-order valence-corrected chi connectivity index (χ4v) is 1.93. The summed E-state index contributed by atoms with van der Waals surface area (Å²) in [5.74, 6) is 1.51. The smallest absolute Gasteiger partial charge is 0.121 e. The summed E-state index contributed by atoms with van der Waals surface area (Å²) in [5.41, 5.74) is 2.76. The largest absolute Gasteiger partial charge is 0.467 e. The van der Waals surface area contributed by atoms with Gasteiger partial charge in [0.1, 0.15) is 5.76 Å². The van der Waals surface area contributed by atoms with E-state index in [9.17, 15) is 0 Å². The second-order valence-corrected chi connectivity index (χ2v) is 3.27. The highest BCUT2D eigenvalue weighted by Crippen LogP contribution is 2.26. The van der Waals surface area contributed by atoms with Crippen LogP contribution in [0.15, 0.2) is 10.7 Å². The molecule has 0 fully saturated rings. The lowest BCUT2D eigenvalue weighted by Gasteiger charge is -2.09. The van der Waals surface area contributed by atoms with Gasteiger partial charge in [-0.3, -0.25) is 0 Å². The Morgan fingerprint density at radius 3 is 3.00 bits per heavy atom. The summed E-state index contributed by atoms with van der Waals surface area (Å²) in [4.78, 5) is 0. The van der Waals surface area contributed by atoms with Crippen molar-refractivity contribution in [2.45, 2.75) is 31.6 Å². The van der Waals surface area contributed by atoms with Gasteiger partial charge in [0.25, 0.3) is 0 Å². The van der Waals surface area contributed by atoms with Crippen LogP contribution >= 0.6 is 11.6 Å². The van der Waals surface area contributed by atoms with Gasteiger partial charge in [-0.05, 0) is 36.8 Å². The van der Waals surface area contributed by atoms with Crippen molar-refractivity contribution in [1.29, 1.82) is 0 Å². The second kappa shape index (κ2) is 2.90. The van der Waals surface area contributed by atoms with Crippen molar-refractivity contribution in [3.63, 3.8) is 0 Å². The molecule has 1 aliphatic rings. The predicted octanol–water partition coefficient (Wildman–Crippen LogP) is 2.90. The molecule has 1 aliphatic carbocycles. The van der Waals surface area contributed by atoms with Crippen molar-refractivity contribution in [3.8, 4) is 0 Å². The number of alkyl halides is 1. The summed E-state index contributed by atoms with van der Waals surface area (Å²) in [6, 6.07) is 0. The van der Waals surface area contributed by atoms with Crippen LogP contribution in [0.5, 0.6) is 0 Å². The minimum atomic E-state index is 0.523. The molecule has 0 radical (unpaired) electrons. The van der Waals surface area contributed by atoms with Gasteiger partial charge in [0.05, 0.1) is 12.1 Å². The number of hydrogen-bond acceptors (Lipinski definition) is 1. The van der Waals surface area contributed by atoms with E-state index in [1.54, 1.807) is 0 Å². The van der Waals surface area contributed by atoms with Crippen molar-refractivity contribution in [3.05, 3.63) is 23.2 Å². The highest BCUT2D eigenvalue weighted by atomic mass is 35.5. The zero-order valence-corrected chi connectivity index (χ0v) is 7.16. The van der Waals surface area contributed by atoms with E-state index in [-0.39, 0.29) is 0 Å². The second-order valence-electron chi connectivity index (χ2n) is 3.00. The molecule has 0 spiro atoms. The van der Waals surface area contributed by atoms with Crippen molar-refractivity contribution in [1.82, 2.24) is 0 Å². The van der Waals surface area contributed by atoms with Gasteiger partial charge >= 0.3 is 0 Å². The van der Waals surface area contributed by atoms with E-state index in [0.29, 0.717) is 5.88 Å². The van der Waals surface area contributed by atoms with E-state index >= 15 is 0 Å². The lowest BCUT2D eigenvalue weighted by molar-refractivity contribution is 0.524. The van der Waals surface area contributed by atoms with Crippen molar-refractivity contribution < 1.29 is 4.42 Å². The molecule has 60 valence electrons. The first kappa shape index (κ1) is 7.23. The molecule has 1 aromatic heterocycles. The molecule has 0 saturated heterocycles. The Balaban J connectivity index is 2.38. The molecule has 1 nitrogen and oxygen atoms in total. The Hall–Kier alpha value is -0.430. The molecule has 11 heavy (non-hydrogen) atoms. The van der Waals surface area contributed by atoms with Gasteiger partial charge in [-0.2, -0.15) is 0 Å². The Morgan fingerprint density at radius 2 is 2.18 bits per heavy atom. The molecular formula is C9H11ClO. The van der Waals surface area contributed by atoms with Gasteiger partial charge in [0.2, 0.25) is 0 Å². The molecule has 0 N–H and O–H groups in total. The molecule has 0 bridgehead atoms. The number of halogens is 1. The Labute approximate surface area is 71.3 Å². The fraction of sp³-hybridized carbons (Fsp3) is 0.556.